The zero-order valence-corrected chi connectivity index (χ0v) is 11.0. The third-order valence-corrected chi connectivity index (χ3v) is 3.45. The summed E-state index contributed by atoms with van der Waals surface area (Å²) in [5, 5.41) is 7.68. The SMILES string of the molecule is COC(=O)c1ccc(OC2CCCCC2CN)nn1. The zero-order chi connectivity index (χ0) is 13.7. The van der Waals surface area contributed by atoms with Crippen LogP contribution in [0.3, 0.4) is 0 Å². The zero-order valence-electron chi connectivity index (χ0n) is 11.0. The van der Waals surface area contributed by atoms with Crippen LogP contribution in [0, 0.1) is 5.92 Å². The van der Waals surface area contributed by atoms with Gasteiger partial charge in [-0.15, -0.1) is 10.2 Å². The molecule has 0 radical (unpaired) electrons. The molecular formula is C13H19N3O3. The number of methoxy groups -OCH3 is 1. The number of aromatic nitrogens is 2. The molecule has 2 N–H and O–H groups in total. The molecule has 0 bridgehead atoms. The van der Waals surface area contributed by atoms with E-state index in [-0.39, 0.29) is 11.8 Å². The van der Waals surface area contributed by atoms with Crippen LogP contribution in [0.5, 0.6) is 5.88 Å². The number of hydrogen-bond acceptors (Lipinski definition) is 6. The average Bonchev–Trinajstić information content (AvgIpc) is 2.48. The van der Waals surface area contributed by atoms with Crippen molar-refractivity contribution in [3.05, 3.63) is 17.8 Å². The molecule has 2 unspecified atom stereocenters. The second-order valence-corrected chi connectivity index (χ2v) is 4.68. The van der Waals surface area contributed by atoms with Crippen molar-refractivity contribution < 1.29 is 14.3 Å². The van der Waals surface area contributed by atoms with Crippen LogP contribution in [0.15, 0.2) is 12.1 Å². The van der Waals surface area contributed by atoms with Crippen molar-refractivity contribution >= 4 is 5.97 Å². The van der Waals surface area contributed by atoms with E-state index in [0.29, 0.717) is 18.3 Å². The number of rotatable bonds is 4. The Bertz CT molecular complexity index is 422. The minimum absolute atomic E-state index is 0.0945. The van der Waals surface area contributed by atoms with Crippen LogP contribution in [0.2, 0.25) is 0 Å². The largest absolute Gasteiger partial charge is 0.473 e. The lowest BCUT2D eigenvalue weighted by Gasteiger charge is -2.30. The summed E-state index contributed by atoms with van der Waals surface area (Å²) >= 11 is 0. The Morgan fingerprint density at radius 2 is 2.16 bits per heavy atom. The molecule has 1 heterocycles. The van der Waals surface area contributed by atoms with Crippen LogP contribution in [0.1, 0.15) is 36.2 Å². The minimum atomic E-state index is -0.503. The molecule has 6 nitrogen and oxygen atoms in total. The standard InChI is InChI=1S/C13H19N3O3/c1-18-13(17)10-6-7-12(16-15-10)19-11-5-3-2-4-9(11)8-14/h6-7,9,11H,2-5,8,14H2,1H3. The highest BCUT2D eigenvalue weighted by Crippen LogP contribution is 2.26. The number of nitrogens with two attached hydrogens (primary N) is 1. The Labute approximate surface area is 112 Å². The van der Waals surface area contributed by atoms with E-state index in [1.807, 2.05) is 0 Å². The third kappa shape index (κ3) is 3.41. The van der Waals surface area contributed by atoms with Gasteiger partial charge >= 0.3 is 5.97 Å². The summed E-state index contributed by atoms with van der Waals surface area (Å²) in [4.78, 5) is 11.2. The lowest BCUT2D eigenvalue weighted by atomic mass is 9.86. The molecule has 1 aromatic rings. The predicted molar refractivity (Wildman–Crippen MR) is 68.8 cm³/mol. The average molecular weight is 265 g/mol. The highest BCUT2D eigenvalue weighted by molar-refractivity contribution is 5.86. The quantitative estimate of drug-likeness (QED) is 0.822. The summed E-state index contributed by atoms with van der Waals surface area (Å²) in [6.07, 6.45) is 4.53. The normalized spacial score (nSPS) is 22.8. The van der Waals surface area contributed by atoms with Crippen molar-refractivity contribution in [2.24, 2.45) is 11.7 Å². The molecule has 0 spiro atoms. The summed E-state index contributed by atoms with van der Waals surface area (Å²) in [7, 11) is 1.31. The first-order valence-electron chi connectivity index (χ1n) is 6.53. The van der Waals surface area contributed by atoms with Gasteiger partial charge in [0.1, 0.15) is 6.10 Å². The predicted octanol–water partition coefficient (Wildman–Crippen LogP) is 1.16. The Balaban J connectivity index is 2.00. The van der Waals surface area contributed by atoms with Gasteiger partial charge in [-0.1, -0.05) is 6.42 Å². The lowest BCUT2D eigenvalue weighted by molar-refractivity contribution is 0.0591. The first-order valence-corrected chi connectivity index (χ1v) is 6.53. The van der Waals surface area contributed by atoms with Crippen molar-refractivity contribution in [2.75, 3.05) is 13.7 Å². The molecule has 2 rings (SSSR count). The van der Waals surface area contributed by atoms with Gasteiger partial charge < -0.3 is 15.2 Å². The molecule has 0 saturated heterocycles. The molecule has 1 aromatic heterocycles. The van der Waals surface area contributed by atoms with Gasteiger partial charge in [0.05, 0.1) is 7.11 Å². The number of carbonyl (C=O) groups is 1. The maximum Gasteiger partial charge on any atom is 0.358 e. The Kier molecular flexibility index (Phi) is 4.68. The van der Waals surface area contributed by atoms with Crippen LogP contribution in [0.25, 0.3) is 0 Å². The van der Waals surface area contributed by atoms with Crippen molar-refractivity contribution in [1.82, 2.24) is 10.2 Å². The molecule has 0 aromatic carbocycles. The van der Waals surface area contributed by atoms with E-state index in [1.165, 1.54) is 13.5 Å². The molecule has 1 saturated carbocycles. The van der Waals surface area contributed by atoms with Crippen LogP contribution in [-0.4, -0.2) is 35.9 Å². The third-order valence-electron chi connectivity index (χ3n) is 3.45. The van der Waals surface area contributed by atoms with Gasteiger partial charge in [0.2, 0.25) is 5.88 Å². The molecule has 104 valence electrons. The van der Waals surface area contributed by atoms with E-state index in [0.717, 1.165) is 19.3 Å². The van der Waals surface area contributed by atoms with Gasteiger partial charge in [0.25, 0.3) is 0 Å². The van der Waals surface area contributed by atoms with E-state index in [9.17, 15) is 4.79 Å². The van der Waals surface area contributed by atoms with E-state index in [4.69, 9.17) is 10.5 Å². The van der Waals surface area contributed by atoms with Crippen LogP contribution in [0.4, 0.5) is 0 Å². The second kappa shape index (κ2) is 6.47. The Morgan fingerprint density at radius 3 is 2.79 bits per heavy atom. The molecule has 0 aliphatic heterocycles. The smallest absolute Gasteiger partial charge is 0.358 e. The fraction of sp³-hybridized carbons (Fsp3) is 0.615. The number of nitrogens with zero attached hydrogens (tertiary/aromatic N) is 2. The highest BCUT2D eigenvalue weighted by atomic mass is 16.5. The molecule has 19 heavy (non-hydrogen) atoms. The molecule has 1 aliphatic rings. The lowest BCUT2D eigenvalue weighted by Crippen LogP contribution is -2.35. The molecule has 1 aliphatic carbocycles. The topological polar surface area (TPSA) is 87.3 Å². The van der Waals surface area contributed by atoms with Crippen LogP contribution < -0.4 is 10.5 Å². The van der Waals surface area contributed by atoms with Gasteiger partial charge in [0.15, 0.2) is 5.69 Å². The number of carbonyl (C=O) groups excluding carboxylic acids is 1. The molecular weight excluding hydrogens is 246 g/mol. The number of hydrogen-bond donors (Lipinski definition) is 1. The van der Waals surface area contributed by atoms with Crippen LogP contribution >= 0.6 is 0 Å². The maximum atomic E-state index is 11.2. The van der Waals surface area contributed by atoms with Crippen molar-refractivity contribution in [3.63, 3.8) is 0 Å². The summed E-state index contributed by atoms with van der Waals surface area (Å²) in [5.41, 5.74) is 5.93. The van der Waals surface area contributed by atoms with E-state index < -0.39 is 5.97 Å². The second-order valence-electron chi connectivity index (χ2n) is 4.68. The van der Waals surface area contributed by atoms with Gasteiger partial charge in [-0.2, -0.15) is 0 Å². The number of esters is 1. The van der Waals surface area contributed by atoms with Crippen LogP contribution in [-0.2, 0) is 4.74 Å². The fourth-order valence-corrected chi connectivity index (χ4v) is 2.35. The van der Waals surface area contributed by atoms with E-state index in [1.54, 1.807) is 12.1 Å². The molecule has 0 amide bonds. The van der Waals surface area contributed by atoms with Crippen molar-refractivity contribution in [2.45, 2.75) is 31.8 Å². The minimum Gasteiger partial charge on any atom is -0.473 e. The monoisotopic (exact) mass is 265 g/mol. The summed E-state index contributed by atoms with van der Waals surface area (Å²) in [5.74, 6) is 0.297. The summed E-state index contributed by atoms with van der Waals surface area (Å²) < 4.78 is 10.4. The Morgan fingerprint density at radius 1 is 1.37 bits per heavy atom. The maximum absolute atomic E-state index is 11.2. The molecule has 2 atom stereocenters. The molecule has 6 heteroatoms. The summed E-state index contributed by atoms with van der Waals surface area (Å²) in [6.45, 7) is 0.623. The van der Waals surface area contributed by atoms with E-state index >= 15 is 0 Å². The first kappa shape index (κ1) is 13.7. The van der Waals surface area contributed by atoms with Gasteiger partial charge in [-0.25, -0.2) is 4.79 Å². The van der Waals surface area contributed by atoms with Gasteiger partial charge in [-0.3, -0.25) is 0 Å². The Hall–Kier alpha value is -1.69. The first-order chi connectivity index (χ1) is 9.24. The summed E-state index contributed by atoms with van der Waals surface area (Å²) in [6, 6.07) is 3.19. The molecule has 1 fully saturated rings. The van der Waals surface area contributed by atoms with E-state index in [2.05, 4.69) is 14.9 Å². The van der Waals surface area contributed by atoms with Crippen molar-refractivity contribution in [1.29, 1.82) is 0 Å². The van der Waals surface area contributed by atoms with Crippen molar-refractivity contribution in [3.8, 4) is 5.88 Å². The highest BCUT2D eigenvalue weighted by Gasteiger charge is 2.26. The fourth-order valence-electron chi connectivity index (χ4n) is 2.35. The van der Waals surface area contributed by atoms with Gasteiger partial charge in [-0.05, 0) is 31.9 Å². The number of ether oxygens (including phenoxy) is 2. The van der Waals surface area contributed by atoms with Gasteiger partial charge in [0, 0.05) is 12.0 Å².